The summed E-state index contributed by atoms with van der Waals surface area (Å²) in [5.41, 5.74) is 2.78. The lowest BCUT2D eigenvalue weighted by Gasteiger charge is -2.22. The van der Waals surface area contributed by atoms with E-state index in [2.05, 4.69) is 25.6 Å². The Hall–Kier alpha value is -5.33. The molecule has 0 radical (unpaired) electrons. The third-order valence-electron chi connectivity index (χ3n) is 6.90. The Morgan fingerprint density at radius 2 is 1.60 bits per heavy atom. The van der Waals surface area contributed by atoms with Crippen LogP contribution in [0.1, 0.15) is 22.1 Å². The Morgan fingerprint density at radius 1 is 0.907 bits per heavy atom. The van der Waals surface area contributed by atoms with Crippen molar-refractivity contribution in [3.05, 3.63) is 115 Å². The number of aliphatic hydroxyl groups is 1. The molecule has 1 saturated heterocycles. The van der Waals surface area contributed by atoms with E-state index in [1.165, 1.54) is 12.7 Å². The zero-order chi connectivity index (χ0) is 29.6. The SMILES string of the molecule is O=C(Nc1ccccc1)OC1C(O)[C@@H](COC(=O)c2ccccc2)O[C@H]1n1cnc2c(NCc3ccccc3)ncnc21. The molecular formula is C31H28N6O6. The van der Waals surface area contributed by atoms with Crippen LogP contribution in [-0.4, -0.2) is 61.6 Å². The molecule has 3 heterocycles. The maximum Gasteiger partial charge on any atom is 0.412 e. The topological polar surface area (TPSA) is 150 Å². The summed E-state index contributed by atoms with van der Waals surface area (Å²) < 4.78 is 18.9. The molecule has 0 saturated carbocycles. The molecule has 3 aromatic carbocycles. The number of benzene rings is 3. The van der Waals surface area contributed by atoms with Crippen molar-refractivity contribution in [3.8, 4) is 0 Å². The molecule has 1 aliphatic heterocycles. The highest BCUT2D eigenvalue weighted by Gasteiger charge is 2.48. The Morgan fingerprint density at radius 3 is 2.35 bits per heavy atom. The maximum absolute atomic E-state index is 12.9. The fraction of sp³-hybridized carbons (Fsp3) is 0.194. The molecule has 3 N–H and O–H groups in total. The predicted octanol–water partition coefficient (Wildman–Crippen LogP) is 4.17. The molecule has 6 rings (SSSR count). The lowest BCUT2D eigenvalue weighted by Crippen LogP contribution is -2.38. The number of carbonyl (C=O) groups excluding carboxylic acids is 2. The van der Waals surface area contributed by atoms with Crippen molar-refractivity contribution in [1.82, 2.24) is 19.5 Å². The van der Waals surface area contributed by atoms with Gasteiger partial charge in [0.05, 0.1) is 11.9 Å². The molecule has 2 aromatic heterocycles. The van der Waals surface area contributed by atoms with Crippen LogP contribution in [0.25, 0.3) is 11.2 Å². The molecule has 4 atom stereocenters. The zero-order valence-corrected chi connectivity index (χ0v) is 22.8. The number of para-hydroxylation sites is 1. The van der Waals surface area contributed by atoms with E-state index < -0.39 is 36.6 Å². The van der Waals surface area contributed by atoms with Crippen molar-refractivity contribution in [3.63, 3.8) is 0 Å². The molecule has 218 valence electrons. The van der Waals surface area contributed by atoms with Gasteiger partial charge in [0.2, 0.25) is 0 Å². The van der Waals surface area contributed by atoms with Crippen molar-refractivity contribution in [2.24, 2.45) is 0 Å². The highest BCUT2D eigenvalue weighted by atomic mass is 16.6. The van der Waals surface area contributed by atoms with Gasteiger partial charge in [-0.2, -0.15) is 0 Å². The number of fused-ring (bicyclic) bond motifs is 1. The predicted molar refractivity (Wildman–Crippen MR) is 156 cm³/mol. The van der Waals surface area contributed by atoms with Gasteiger partial charge in [0.25, 0.3) is 0 Å². The van der Waals surface area contributed by atoms with Crippen LogP contribution in [0.5, 0.6) is 0 Å². The lowest BCUT2D eigenvalue weighted by atomic mass is 10.1. The molecule has 1 amide bonds. The van der Waals surface area contributed by atoms with Crippen LogP contribution in [0.3, 0.4) is 0 Å². The number of amides is 1. The molecule has 0 spiro atoms. The fourth-order valence-electron chi connectivity index (χ4n) is 4.76. The molecule has 2 unspecified atom stereocenters. The van der Waals surface area contributed by atoms with Crippen molar-refractivity contribution >= 4 is 34.7 Å². The van der Waals surface area contributed by atoms with Gasteiger partial charge in [-0.25, -0.2) is 24.5 Å². The van der Waals surface area contributed by atoms with Crippen molar-refractivity contribution in [2.75, 3.05) is 17.2 Å². The van der Waals surface area contributed by atoms with E-state index in [1.807, 2.05) is 36.4 Å². The molecule has 12 heteroatoms. The number of nitrogens with zero attached hydrogens (tertiary/aromatic N) is 4. The first-order chi connectivity index (χ1) is 21.1. The first-order valence-corrected chi connectivity index (χ1v) is 13.6. The summed E-state index contributed by atoms with van der Waals surface area (Å²) in [7, 11) is 0. The second-order valence-corrected chi connectivity index (χ2v) is 9.77. The number of hydrogen-bond acceptors (Lipinski definition) is 10. The highest BCUT2D eigenvalue weighted by Crippen LogP contribution is 2.35. The molecule has 12 nitrogen and oxygen atoms in total. The van der Waals surface area contributed by atoms with Crippen molar-refractivity contribution in [1.29, 1.82) is 0 Å². The smallest absolute Gasteiger partial charge is 0.412 e. The van der Waals surface area contributed by atoms with E-state index in [-0.39, 0.29) is 6.61 Å². The van der Waals surface area contributed by atoms with E-state index in [9.17, 15) is 14.7 Å². The lowest BCUT2D eigenvalue weighted by molar-refractivity contribution is -0.0571. The number of ether oxygens (including phenoxy) is 3. The average molecular weight is 581 g/mol. The third kappa shape index (κ3) is 6.30. The molecule has 43 heavy (non-hydrogen) atoms. The van der Waals surface area contributed by atoms with E-state index in [4.69, 9.17) is 14.2 Å². The van der Waals surface area contributed by atoms with Crippen molar-refractivity contribution in [2.45, 2.75) is 31.1 Å². The van der Waals surface area contributed by atoms with Gasteiger partial charge in [0.1, 0.15) is 25.1 Å². The summed E-state index contributed by atoms with van der Waals surface area (Å²) in [5.74, 6) is -0.0760. The molecule has 1 fully saturated rings. The summed E-state index contributed by atoms with van der Waals surface area (Å²) in [4.78, 5) is 38.7. The number of rotatable bonds is 9. The van der Waals surface area contributed by atoms with Gasteiger partial charge in [-0.05, 0) is 29.8 Å². The Labute approximate surface area is 246 Å². The van der Waals surface area contributed by atoms with Crippen LogP contribution >= 0.6 is 0 Å². The maximum atomic E-state index is 12.9. The highest BCUT2D eigenvalue weighted by molar-refractivity contribution is 5.89. The van der Waals surface area contributed by atoms with Gasteiger partial charge in [0, 0.05) is 12.2 Å². The van der Waals surface area contributed by atoms with E-state index >= 15 is 0 Å². The number of esters is 1. The number of nitrogens with one attached hydrogen (secondary N) is 2. The Kier molecular flexibility index (Phi) is 8.20. The molecule has 0 bridgehead atoms. The molecule has 5 aromatic rings. The number of aromatic nitrogens is 4. The largest absolute Gasteiger partial charge is 0.459 e. The van der Waals surface area contributed by atoms with Crippen LogP contribution in [0.4, 0.5) is 16.3 Å². The van der Waals surface area contributed by atoms with Gasteiger partial charge >= 0.3 is 12.1 Å². The Bertz CT molecular complexity index is 1680. The van der Waals surface area contributed by atoms with Crippen LogP contribution in [0, 0.1) is 0 Å². The van der Waals surface area contributed by atoms with Crippen LogP contribution < -0.4 is 10.6 Å². The van der Waals surface area contributed by atoms with Crippen molar-refractivity contribution < 1.29 is 28.9 Å². The molecule has 1 aliphatic rings. The zero-order valence-electron chi connectivity index (χ0n) is 22.8. The standard InChI is InChI=1S/C31H28N6O6/c38-25-23(17-41-30(39)21-12-6-2-7-13-21)42-29(26(25)43-31(40)36-22-14-8-3-9-15-22)37-19-35-24-27(33-18-34-28(24)37)32-16-20-10-4-1-5-11-20/h1-15,18-19,23,25-26,29,38H,16-17H2,(H,36,40)(H,32,33,34)/t23-,25?,26?,29-/m1/s1. The summed E-state index contributed by atoms with van der Waals surface area (Å²) in [5, 5.41) is 17.2. The normalized spacial score (nSPS) is 19.6. The summed E-state index contributed by atoms with van der Waals surface area (Å²) >= 11 is 0. The van der Waals surface area contributed by atoms with Crippen LogP contribution in [0.2, 0.25) is 0 Å². The first-order valence-electron chi connectivity index (χ1n) is 13.6. The quantitative estimate of drug-likeness (QED) is 0.217. The minimum Gasteiger partial charge on any atom is -0.459 e. The van der Waals surface area contributed by atoms with Crippen LogP contribution in [-0.2, 0) is 20.8 Å². The number of aliphatic hydroxyl groups excluding tert-OH is 1. The minimum absolute atomic E-state index is 0.281. The van der Waals surface area contributed by atoms with Crippen LogP contribution in [0.15, 0.2) is 104 Å². The number of anilines is 2. The summed E-state index contributed by atoms with van der Waals surface area (Å²) in [6.07, 6.45) is -2.52. The van der Waals surface area contributed by atoms with Gasteiger partial charge in [-0.3, -0.25) is 9.88 Å². The average Bonchev–Trinajstić information content (AvgIpc) is 3.61. The van der Waals surface area contributed by atoms with E-state index in [0.717, 1.165) is 5.56 Å². The minimum atomic E-state index is -1.34. The summed E-state index contributed by atoms with van der Waals surface area (Å²) in [6.45, 7) is 0.232. The van der Waals surface area contributed by atoms with Gasteiger partial charge in [0.15, 0.2) is 29.3 Å². The number of hydrogen-bond donors (Lipinski definition) is 3. The third-order valence-corrected chi connectivity index (χ3v) is 6.90. The monoisotopic (exact) mass is 580 g/mol. The fourth-order valence-corrected chi connectivity index (χ4v) is 4.76. The second-order valence-electron chi connectivity index (χ2n) is 9.77. The van der Waals surface area contributed by atoms with E-state index in [1.54, 1.807) is 59.2 Å². The molecular weight excluding hydrogens is 552 g/mol. The van der Waals surface area contributed by atoms with Gasteiger partial charge < -0.3 is 24.6 Å². The second kappa shape index (κ2) is 12.7. The number of carbonyl (C=O) groups is 2. The van der Waals surface area contributed by atoms with Gasteiger partial charge in [-0.15, -0.1) is 0 Å². The molecule has 0 aliphatic carbocycles. The van der Waals surface area contributed by atoms with Gasteiger partial charge in [-0.1, -0.05) is 66.7 Å². The van der Waals surface area contributed by atoms with E-state index in [0.29, 0.717) is 34.8 Å². The first kappa shape index (κ1) is 27.8. The number of imidazole rings is 1. The Balaban J connectivity index is 1.24. The summed E-state index contributed by atoms with van der Waals surface area (Å²) in [6, 6.07) is 27.1.